The smallest absolute Gasteiger partial charge is 0.416 e. The summed E-state index contributed by atoms with van der Waals surface area (Å²) < 4.78 is 50.7. The summed E-state index contributed by atoms with van der Waals surface area (Å²) in [4.78, 5) is 19.7. The zero-order valence-corrected chi connectivity index (χ0v) is 21.9. The molecule has 1 heterocycles. The second-order valence-electron chi connectivity index (χ2n) is 10.1. The van der Waals surface area contributed by atoms with Crippen molar-refractivity contribution in [2.45, 2.75) is 45.6 Å². The highest BCUT2D eigenvalue weighted by Crippen LogP contribution is 2.30. The molecule has 3 aromatic carbocycles. The van der Waals surface area contributed by atoms with E-state index in [0.29, 0.717) is 41.5 Å². The van der Waals surface area contributed by atoms with Crippen LogP contribution in [0.3, 0.4) is 0 Å². The number of halogens is 3. The number of benzene rings is 3. The molecule has 39 heavy (non-hydrogen) atoms. The van der Waals surface area contributed by atoms with Gasteiger partial charge in [0.15, 0.2) is 5.58 Å². The standard InChI is InChI=1S/C29H30F3N3O4/c1-28(2,3)35(27(36)37)17-16-34(26-33-23-9-5-7-11-25(23)39-26)18-21-8-4-6-10-24(21)38-19-20-12-14-22(15-13-20)29(30,31)32/h4-15H,16-19H2,1-3H3,(H,36,37). The van der Waals surface area contributed by atoms with Crippen LogP contribution in [0.5, 0.6) is 5.75 Å². The van der Waals surface area contributed by atoms with Gasteiger partial charge in [-0.1, -0.05) is 42.5 Å². The highest BCUT2D eigenvalue weighted by Gasteiger charge is 2.30. The summed E-state index contributed by atoms with van der Waals surface area (Å²) in [6, 6.07) is 19.8. The third-order valence-electron chi connectivity index (χ3n) is 6.20. The number of aromatic nitrogens is 1. The van der Waals surface area contributed by atoms with E-state index in [0.717, 1.165) is 17.7 Å². The van der Waals surface area contributed by atoms with Crippen LogP contribution in [-0.2, 0) is 19.3 Å². The molecular weight excluding hydrogens is 511 g/mol. The normalized spacial score (nSPS) is 11.9. The maximum absolute atomic E-state index is 12.9. The average molecular weight is 542 g/mol. The van der Waals surface area contributed by atoms with Crippen LogP contribution in [0.2, 0.25) is 0 Å². The Hall–Kier alpha value is -4.21. The van der Waals surface area contributed by atoms with Crippen LogP contribution in [-0.4, -0.2) is 39.7 Å². The molecule has 0 saturated heterocycles. The molecule has 1 aromatic heterocycles. The topological polar surface area (TPSA) is 79.0 Å². The molecule has 7 nitrogen and oxygen atoms in total. The van der Waals surface area contributed by atoms with Crippen molar-refractivity contribution in [3.05, 3.63) is 89.5 Å². The number of ether oxygens (including phenoxy) is 1. The Kier molecular flexibility index (Phi) is 8.03. The van der Waals surface area contributed by atoms with Gasteiger partial charge in [-0.05, 0) is 56.7 Å². The zero-order chi connectivity index (χ0) is 28.2. The van der Waals surface area contributed by atoms with Gasteiger partial charge < -0.3 is 24.1 Å². The van der Waals surface area contributed by atoms with Gasteiger partial charge in [-0.3, -0.25) is 0 Å². The first kappa shape index (κ1) is 27.8. The van der Waals surface area contributed by atoms with Gasteiger partial charge in [0.25, 0.3) is 6.01 Å². The van der Waals surface area contributed by atoms with E-state index in [9.17, 15) is 23.1 Å². The summed E-state index contributed by atoms with van der Waals surface area (Å²) in [6.45, 7) is 6.36. The maximum Gasteiger partial charge on any atom is 0.416 e. The number of nitrogens with zero attached hydrogens (tertiary/aromatic N) is 3. The number of hydrogen-bond acceptors (Lipinski definition) is 5. The van der Waals surface area contributed by atoms with Crippen molar-refractivity contribution in [1.29, 1.82) is 0 Å². The lowest BCUT2D eigenvalue weighted by molar-refractivity contribution is -0.137. The number of anilines is 1. The molecule has 0 aliphatic rings. The number of amides is 1. The Morgan fingerprint density at radius 3 is 2.26 bits per heavy atom. The lowest BCUT2D eigenvalue weighted by Crippen LogP contribution is -2.48. The first-order chi connectivity index (χ1) is 18.4. The number of rotatable bonds is 9. The van der Waals surface area contributed by atoms with Crippen molar-refractivity contribution in [3.8, 4) is 5.75 Å². The van der Waals surface area contributed by atoms with E-state index in [4.69, 9.17) is 9.15 Å². The largest absolute Gasteiger partial charge is 0.489 e. The fraction of sp³-hybridized carbons (Fsp3) is 0.310. The van der Waals surface area contributed by atoms with E-state index < -0.39 is 23.4 Å². The predicted octanol–water partition coefficient (Wildman–Crippen LogP) is 7.21. The minimum absolute atomic E-state index is 0.0782. The summed E-state index contributed by atoms with van der Waals surface area (Å²) in [5.41, 5.74) is 1.33. The molecule has 1 N–H and O–H groups in total. The Bertz CT molecular complexity index is 1380. The molecule has 0 fully saturated rings. The van der Waals surface area contributed by atoms with Crippen molar-refractivity contribution in [1.82, 2.24) is 9.88 Å². The van der Waals surface area contributed by atoms with Gasteiger partial charge in [0.05, 0.1) is 12.1 Å². The predicted molar refractivity (Wildman–Crippen MR) is 142 cm³/mol. The quantitative estimate of drug-likeness (QED) is 0.241. The van der Waals surface area contributed by atoms with Crippen LogP contribution >= 0.6 is 0 Å². The number of oxazole rings is 1. The molecule has 206 valence electrons. The van der Waals surface area contributed by atoms with E-state index in [1.165, 1.54) is 17.0 Å². The van der Waals surface area contributed by atoms with Gasteiger partial charge in [0.2, 0.25) is 0 Å². The van der Waals surface area contributed by atoms with Crippen LogP contribution < -0.4 is 9.64 Å². The van der Waals surface area contributed by atoms with Crippen LogP contribution in [0.4, 0.5) is 24.0 Å². The molecule has 0 unspecified atom stereocenters. The van der Waals surface area contributed by atoms with Gasteiger partial charge >= 0.3 is 12.3 Å². The molecule has 0 atom stereocenters. The van der Waals surface area contributed by atoms with Crippen LogP contribution in [0.15, 0.2) is 77.2 Å². The lowest BCUT2D eigenvalue weighted by Gasteiger charge is -2.34. The fourth-order valence-electron chi connectivity index (χ4n) is 4.11. The van der Waals surface area contributed by atoms with Crippen molar-refractivity contribution < 1.29 is 32.2 Å². The molecule has 0 aliphatic heterocycles. The maximum atomic E-state index is 12.9. The number of alkyl halides is 3. The van der Waals surface area contributed by atoms with Crippen molar-refractivity contribution >= 4 is 23.2 Å². The van der Waals surface area contributed by atoms with Crippen LogP contribution in [0.25, 0.3) is 11.1 Å². The SMILES string of the molecule is CC(C)(C)N(CCN(Cc1ccccc1OCc1ccc(C(F)(F)F)cc1)c1nc2ccccc2o1)C(=O)O. The summed E-state index contributed by atoms with van der Waals surface area (Å²) in [6.07, 6.45) is -5.43. The Labute approximate surface area is 224 Å². The molecular formula is C29H30F3N3O4. The van der Waals surface area contributed by atoms with Crippen molar-refractivity contribution in [2.24, 2.45) is 0 Å². The first-order valence-electron chi connectivity index (χ1n) is 12.4. The number of carbonyl (C=O) groups is 1. The van der Waals surface area contributed by atoms with Crippen LogP contribution in [0.1, 0.15) is 37.5 Å². The van der Waals surface area contributed by atoms with E-state index in [2.05, 4.69) is 4.98 Å². The van der Waals surface area contributed by atoms with Crippen molar-refractivity contribution in [2.75, 3.05) is 18.0 Å². The summed E-state index contributed by atoms with van der Waals surface area (Å²) in [7, 11) is 0. The van der Waals surface area contributed by atoms with Gasteiger partial charge in [-0.25, -0.2) is 4.79 Å². The molecule has 1 amide bonds. The first-order valence-corrected chi connectivity index (χ1v) is 12.4. The Morgan fingerprint density at radius 1 is 0.949 bits per heavy atom. The monoisotopic (exact) mass is 541 g/mol. The lowest BCUT2D eigenvalue weighted by atomic mass is 10.1. The van der Waals surface area contributed by atoms with Gasteiger partial charge in [0, 0.05) is 24.2 Å². The third-order valence-corrected chi connectivity index (χ3v) is 6.20. The molecule has 10 heteroatoms. The number of carboxylic acid groups (broad SMARTS) is 1. The van der Waals surface area contributed by atoms with Crippen LogP contribution in [0, 0.1) is 0 Å². The Morgan fingerprint density at radius 2 is 1.62 bits per heavy atom. The molecule has 4 aromatic rings. The molecule has 0 aliphatic carbocycles. The average Bonchev–Trinajstić information content (AvgIpc) is 3.30. The number of para-hydroxylation sites is 3. The van der Waals surface area contributed by atoms with Gasteiger partial charge in [-0.2, -0.15) is 18.2 Å². The number of hydrogen-bond donors (Lipinski definition) is 1. The van der Waals surface area contributed by atoms with Gasteiger partial charge in [-0.15, -0.1) is 0 Å². The molecule has 0 bridgehead atoms. The minimum atomic E-state index is -4.40. The van der Waals surface area contributed by atoms with Gasteiger partial charge in [0.1, 0.15) is 17.9 Å². The third kappa shape index (κ3) is 7.01. The summed E-state index contributed by atoms with van der Waals surface area (Å²) >= 11 is 0. The molecule has 0 spiro atoms. The van der Waals surface area contributed by atoms with Crippen molar-refractivity contribution in [3.63, 3.8) is 0 Å². The number of fused-ring (bicyclic) bond motifs is 1. The summed E-state index contributed by atoms with van der Waals surface area (Å²) in [5, 5.41) is 9.77. The van der Waals surface area contributed by atoms with E-state index >= 15 is 0 Å². The zero-order valence-electron chi connectivity index (χ0n) is 21.9. The molecule has 4 rings (SSSR count). The molecule has 0 radical (unpaired) electrons. The second-order valence-corrected chi connectivity index (χ2v) is 10.1. The summed E-state index contributed by atoms with van der Waals surface area (Å²) in [5.74, 6) is 0.546. The minimum Gasteiger partial charge on any atom is -0.489 e. The van der Waals surface area contributed by atoms with E-state index in [1.807, 2.05) is 62.1 Å². The van der Waals surface area contributed by atoms with E-state index in [-0.39, 0.29) is 13.2 Å². The fourth-order valence-corrected chi connectivity index (χ4v) is 4.11. The Balaban J connectivity index is 1.56. The van der Waals surface area contributed by atoms with E-state index in [1.54, 1.807) is 12.1 Å². The highest BCUT2D eigenvalue weighted by molar-refractivity contribution is 5.74. The second kappa shape index (κ2) is 11.3. The molecule has 0 saturated carbocycles. The highest BCUT2D eigenvalue weighted by atomic mass is 19.4.